The lowest BCUT2D eigenvalue weighted by atomic mass is 9.80. The summed E-state index contributed by atoms with van der Waals surface area (Å²) in [4.78, 5) is 16.9. The predicted octanol–water partition coefficient (Wildman–Crippen LogP) is 2.90. The predicted molar refractivity (Wildman–Crippen MR) is 81.6 cm³/mol. The van der Waals surface area contributed by atoms with Crippen molar-refractivity contribution >= 4 is 11.6 Å². The first-order chi connectivity index (χ1) is 9.57. The van der Waals surface area contributed by atoms with Gasteiger partial charge in [0.2, 0.25) is 0 Å². The molecule has 0 atom stereocenters. The van der Waals surface area contributed by atoms with E-state index in [0.29, 0.717) is 5.84 Å². The molecule has 0 saturated heterocycles. The summed E-state index contributed by atoms with van der Waals surface area (Å²) in [6.07, 6.45) is 0. The van der Waals surface area contributed by atoms with Crippen LogP contribution < -0.4 is 5.73 Å². The second-order valence-corrected chi connectivity index (χ2v) is 4.75. The summed E-state index contributed by atoms with van der Waals surface area (Å²) in [5.41, 5.74) is 6.37. The van der Waals surface area contributed by atoms with E-state index in [2.05, 4.69) is 4.99 Å². The van der Waals surface area contributed by atoms with Gasteiger partial charge in [-0.1, -0.05) is 60.7 Å². The Morgan fingerprint density at radius 2 is 1.30 bits per heavy atom. The molecule has 102 valence electrons. The lowest BCUT2D eigenvalue weighted by Crippen LogP contribution is -2.35. The van der Waals surface area contributed by atoms with Gasteiger partial charge in [0, 0.05) is 0 Å². The summed E-state index contributed by atoms with van der Waals surface area (Å²) >= 11 is 0. The van der Waals surface area contributed by atoms with Gasteiger partial charge >= 0.3 is 0 Å². The van der Waals surface area contributed by atoms with Gasteiger partial charge in [0.1, 0.15) is 0 Å². The third kappa shape index (κ3) is 2.48. The molecule has 0 fully saturated rings. The van der Waals surface area contributed by atoms with Crippen molar-refractivity contribution in [3.8, 4) is 0 Å². The Morgan fingerprint density at radius 3 is 1.60 bits per heavy atom. The monoisotopic (exact) mass is 266 g/mol. The van der Waals surface area contributed by atoms with Gasteiger partial charge in [0.05, 0.1) is 5.84 Å². The quantitative estimate of drug-likeness (QED) is 0.683. The third-order valence-electron chi connectivity index (χ3n) is 3.24. The highest BCUT2D eigenvalue weighted by Gasteiger charge is 2.38. The van der Waals surface area contributed by atoms with Crippen LogP contribution in [-0.4, -0.2) is 11.6 Å². The number of benzene rings is 2. The number of amidine groups is 1. The lowest BCUT2D eigenvalue weighted by molar-refractivity contribution is -0.120. The van der Waals surface area contributed by atoms with Gasteiger partial charge in [0.25, 0.3) is 0 Å². The van der Waals surface area contributed by atoms with Crippen LogP contribution in [-0.2, 0) is 10.3 Å². The van der Waals surface area contributed by atoms with Crippen LogP contribution in [0.15, 0.2) is 65.7 Å². The van der Waals surface area contributed by atoms with Crippen molar-refractivity contribution in [2.24, 2.45) is 10.7 Å². The number of Topliss-reactive ketones (excluding diaryl/α,β-unsaturated/α-hetero) is 1. The molecule has 0 aromatic heterocycles. The second kappa shape index (κ2) is 5.70. The molecule has 2 N–H and O–H groups in total. The van der Waals surface area contributed by atoms with Crippen molar-refractivity contribution < 1.29 is 4.79 Å². The minimum atomic E-state index is -1.07. The normalized spacial score (nSPS) is 12.2. The van der Waals surface area contributed by atoms with Crippen LogP contribution in [0.1, 0.15) is 25.0 Å². The number of carbonyl (C=O) groups is 1. The van der Waals surface area contributed by atoms with E-state index in [4.69, 9.17) is 5.73 Å². The number of ketones is 1. The Balaban J connectivity index is 2.77. The maximum Gasteiger partial charge on any atom is 0.170 e. The smallest absolute Gasteiger partial charge is 0.170 e. The Labute approximate surface area is 119 Å². The Kier molecular flexibility index (Phi) is 3.99. The number of carbonyl (C=O) groups excluding carboxylic acids is 1. The molecule has 3 nitrogen and oxygen atoms in total. The molecule has 0 radical (unpaired) electrons. The van der Waals surface area contributed by atoms with Crippen molar-refractivity contribution in [1.29, 1.82) is 0 Å². The first kappa shape index (κ1) is 14.0. The first-order valence-electron chi connectivity index (χ1n) is 6.51. The van der Waals surface area contributed by atoms with E-state index < -0.39 is 5.54 Å². The van der Waals surface area contributed by atoms with Crippen molar-refractivity contribution in [3.05, 3.63) is 71.8 Å². The van der Waals surface area contributed by atoms with Gasteiger partial charge < -0.3 is 5.73 Å². The summed E-state index contributed by atoms with van der Waals surface area (Å²) in [5.74, 6) is 0.326. The van der Waals surface area contributed by atoms with Gasteiger partial charge in [-0.2, -0.15) is 0 Å². The minimum absolute atomic E-state index is 0.0558. The average molecular weight is 266 g/mol. The van der Waals surface area contributed by atoms with E-state index in [9.17, 15) is 4.79 Å². The van der Waals surface area contributed by atoms with Crippen LogP contribution >= 0.6 is 0 Å². The van der Waals surface area contributed by atoms with Crippen LogP contribution in [0, 0.1) is 0 Å². The number of hydrogen-bond donors (Lipinski definition) is 1. The van der Waals surface area contributed by atoms with Crippen LogP contribution in [0.2, 0.25) is 0 Å². The zero-order valence-electron chi connectivity index (χ0n) is 11.7. The van der Waals surface area contributed by atoms with Gasteiger partial charge in [-0.15, -0.1) is 0 Å². The van der Waals surface area contributed by atoms with Gasteiger partial charge in [-0.05, 0) is 25.0 Å². The van der Waals surface area contributed by atoms with Gasteiger partial charge in [-0.25, -0.2) is 4.99 Å². The highest BCUT2D eigenvalue weighted by atomic mass is 16.1. The Morgan fingerprint density at radius 1 is 0.900 bits per heavy atom. The Bertz CT molecular complexity index is 574. The van der Waals surface area contributed by atoms with Crippen molar-refractivity contribution in [1.82, 2.24) is 0 Å². The fraction of sp³-hybridized carbons (Fsp3) is 0.176. The fourth-order valence-corrected chi connectivity index (χ4v) is 2.40. The number of nitrogens with two attached hydrogens (primary N) is 1. The zero-order valence-corrected chi connectivity index (χ0v) is 11.7. The number of rotatable bonds is 4. The summed E-state index contributed by atoms with van der Waals surface area (Å²) < 4.78 is 0. The molecule has 0 aliphatic carbocycles. The molecule has 0 unspecified atom stereocenters. The highest BCUT2D eigenvalue weighted by Crippen LogP contribution is 2.35. The van der Waals surface area contributed by atoms with Gasteiger partial charge in [0.15, 0.2) is 11.3 Å². The van der Waals surface area contributed by atoms with E-state index in [1.807, 2.05) is 60.7 Å². The van der Waals surface area contributed by atoms with Crippen molar-refractivity contribution in [3.63, 3.8) is 0 Å². The summed E-state index contributed by atoms with van der Waals surface area (Å²) in [5, 5.41) is 0. The van der Waals surface area contributed by atoms with Crippen LogP contribution in [0.4, 0.5) is 0 Å². The lowest BCUT2D eigenvalue weighted by Gasteiger charge is -2.28. The first-order valence-corrected chi connectivity index (χ1v) is 6.51. The van der Waals surface area contributed by atoms with Crippen LogP contribution in [0.3, 0.4) is 0 Å². The maximum absolute atomic E-state index is 12.4. The molecule has 0 aliphatic rings. The number of hydrogen-bond acceptors (Lipinski definition) is 2. The van der Waals surface area contributed by atoms with E-state index in [-0.39, 0.29) is 5.78 Å². The molecule has 2 rings (SSSR count). The van der Waals surface area contributed by atoms with E-state index in [1.54, 1.807) is 13.8 Å². The maximum atomic E-state index is 12.4. The van der Waals surface area contributed by atoms with Gasteiger partial charge in [-0.3, -0.25) is 4.79 Å². The average Bonchev–Trinajstić information content (AvgIpc) is 2.46. The molecule has 2 aromatic rings. The second-order valence-electron chi connectivity index (χ2n) is 4.75. The molecule has 3 heteroatoms. The highest BCUT2D eigenvalue weighted by molar-refractivity contribution is 5.94. The molecule has 0 saturated carbocycles. The fourth-order valence-electron chi connectivity index (χ4n) is 2.40. The number of aliphatic imine (C=N–C) groups is 1. The van der Waals surface area contributed by atoms with E-state index in [1.165, 1.54) is 0 Å². The molecule has 20 heavy (non-hydrogen) atoms. The third-order valence-corrected chi connectivity index (χ3v) is 3.24. The summed E-state index contributed by atoms with van der Waals surface area (Å²) in [7, 11) is 0. The standard InChI is InChI=1S/C17H18N2O/c1-13(20)17(19-14(2)18,15-9-5-3-6-10-15)16-11-7-4-8-12-16/h3-12H,1-2H3,(H2,18,19). The largest absolute Gasteiger partial charge is 0.388 e. The van der Waals surface area contributed by atoms with Crippen molar-refractivity contribution in [2.75, 3.05) is 0 Å². The topological polar surface area (TPSA) is 55.5 Å². The van der Waals surface area contributed by atoms with E-state index >= 15 is 0 Å². The SMILES string of the molecule is CC(=O)C(N=C(C)N)(c1ccccc1)c1ccccc1. The van der Waals surface area contributed by atoms with E-state index in [0.717, 1.165) is 11.1 Å². The summed E-state index contributed by atoms with van der Waals surface area (Å²) in [6.45, 7) is 3.25. The number of nitrogens with zero attached hydrogens (tertiary/aromatic N) is 1. The summed E-state index contributed by atoms with van der Waals surface area (Å²) in [6, 6.07) is 19.0. The Hall–Kier alpha value is -2.42. The van der Waals surface area contributed by atoms with Crippen molar-refractivity contribution in [2.45, 2.75) is 19.4 Å². The molecule has 2 aromatic carbocycles. The minimum Gasteiger partial charge on any atom is -0.388 e. The molecule has 0 heterocycles. The molecule has 0 bridgehead atoms. The molecular formula is C17H18N2O. The molecular weight excluding hydrogens is 248 g/mol. The molecule has 0 amide bonds. The molecule has 0 spiro atoms. The van der Waals surface area contributed by atoms with Crippen LogP contribution in [0.25, 0.3) is 0 Å². The zero-order chi connectivity index (χ0) is 14.6. The molecule has 0 aliphatic heterocycles. The van der Waals surface area contributed by atoms with Crippen LogP contribution in [0.5, 0.6) is 0 Å².